The minimum absolute atomic E-state index is 0.0162. The third-order valence-corrected chi connectivity index (χ3v) is 8.85. The van der Waals surface area contributed by atoms with Crippen LogP contribution in [0.2, 0.25) is 0 Å². The molecule has 0 bridgehead atoms. The lowest BCUT2D eigenvalue weighted by Crippen LogP contribution is -2.40. The number of aromatic hydroxyl groups is 1. The summed E-state index contributed by atoms with van der Waals surface area (Å²) >= 11 is 0. The Morgan fingerprint density at radius 1 is 1.02 bits per heavy atom. The van der Waals surface area contributed by atoms with E-state index in [4.69, 9.17) is 20.7 Å². The first-order valence-corrected chi connectivity index (χ1v) is 15.8. The molecule has 3 heterocycles. The van der Waals surface area contributed by atoms with E-state index in [1.54, 1.807) is 51.8 Å². The number of fused-ring (bicyclic) bond motifs is 1. The van der Waals surface area contributed by atoms with E-state index in [0.717, 1.165) is 41.9 Å². The summed E-state index contributed by atoms with van der Waals surface area (Å²) in [6.07, 6.45) is 4.80. The molecule has 0 saturated carbocycles. The van der Waals surface area contributed by atoms with Gasteiger partial charge in [0.2, 0.25) is 0 Å². The molecule has 0 unspecified atom stereocenters. The molecule has 2 amide bonds. The van der Waals surface area contributed by atoms with Gasteiger partial charge in [-0.1, -0.05) is 45.0 Å². The number of aromatic nitrogens is 3. The van der Waals surface area contributed by atoms with Gasteiger partial charge in [-0.2, -0.15) is 5.10 Å². The Labute approximate surface area is 268 Å². The molecular formula is C35H42N8O3. The third-order valence-electron chi connectivity index (χ3n) is 8.85. The molecule has 1 aliphatic heterocycles. The first-order valence-electron chi connectivity index (χ1n) is 15.8. The average Bonchev–Trinajstić information content (AvgIpc) is 3.65. The van der Waals surface area contributed by atoms with Crippen molar-refractivity contribution < 1.29 is 14.6 Å². The summed E-state index contributed by atoms with van der Waals surface area (Å²) in [5.74, 6) is 1.67. The lowest BCUT2D eigenvalue weighted by atomic mass is 9.85. The molecule has 1 saturated heterocycles. The van der Waals surface area contributed by atoms with Gasteiger partial charge in [-0.05, 0) is 86.8 Å². The lowest BCUT2D eigenvalue weighted by molar-refractivity contribution is 0.171. The molecule has 1 aliphatic carbocycles. The number of hydrogen-bond donors (Lipinski definition) is 5. The fourth-order valence-electron chi connectivity index (χ4n) is 6.29. The van der Waals surface area contributed by atoms with Crippen molar-refractivity contribution in [2.45, 2.75) is 70.1 Å². The van der Waals surface area contributed by atoms with Gasteiger partial charge in [-0.15, -0.1) is 0 Å². The van der Waals surface area contributed by atoms with Crippen LogP contribution in [0.5, 0.6) is 11.5 Å². The monoisotopic (exact) mass is 622 g/mol. The van der Waals surface area contributed by atoms with Crippen molar-refractivity contribution in [3.05, 3.63) is 95.2 Å². The molecule has 0 radical (unpaired) electrons. The summed E-state index contributed by atoms with van der Waals surface area (Å²) in [4.78, 5) is 15.6. The lowest BCUT2D eigenvalue weighted by Gasteiger charge is -2.32. The number of hydrogen-bond acceptors (Lipinski definition) is 7. The predicted molar refractivity (Wildman–Crippen MR) is 177 cm³/mol. The summed E-state index contributed by atoms with van der Waals surface area (Å²) in [5, 5.41) is 37.9. The number of amides is 2. The Morgan fingerprint density at radius 2 is 1.76 bits per heavy atom. The van der Waals surface area contributed by atoms with Crippen LogP contribution >= 0.6 is 0 Å². The Balaban J connectivity index is 1.19. The first kappa shape index (κ1) is 31.1. The van der Waals surface area contributed by atoms with Crippen LogP contribution in [0.1, 0.15) is 75.4 Å². The number of likely N-dealkylation sites (tertiary alicyclic amines) is 1. The molecule has 2 aromatic heterocycles. The van der Waals surface area contributed by atoms with Gasteiger partial charge in [0.15, 0.2) is 0 Å². The molecule has 6 rings (SSSR count). The zero-order chi connectivity index (χ0) is 32.6. The van der Waals surface area contributed by atoms with E-state index in [1.807, 2.05) is 37.4 Å². The quantitative estimate of drug-likeness (QED) is 0.135. The third kappa shape index (κ3) is 6.41. The number of likely N-dealkylation sites (N-methyl/N-ethyl adjacent to an activating group) is 1. The van der Waals surface area contributed by atoms with Gasteiger partial charge in [0.05, 0.1) is 29.7 Å². The number of ether oxygens (including phenoxy) is 1. The second-order valence-corrected chi connectivity index (χ2v) is 13.2. The summed E-state index contributed by atoms with van der Waals surface area (Å²) < 4.78 is 9.79. The summed E-state index contributed by atoms with van der Waals surface area (Å²) in [7, 11) is 2.02. The smallest absolute Gasteiger partial charge is 0.320 e. The van der Waals surface area contributed by atoms with E-state index in [0.29, 0.717) is 30.2 Å². The fourth-order valence-corrected chi connectivity index (χ4v) is 6.29. The van der Waals surface area contributed by atoms with Crippen LogP contribution in [0, 0.1) is 10.8 Å². The van der Waals surface area contributed by atoms with Crippen LogP contribution < -0.4 is 20.9 Å². The van der Waals surface area contributed by atoms with Gasteiger partial charge in [0.1, 0.15) is 34.7 Å². The topological polar surface area (TPSA) is 144 Å². The molecule has 3 atom stereocenters. The summed E-state index contributed by atoms with van der Waals surface area (Å²) in [5.41, 5.74) is 3.54. The van der Waals surface area contributed by atoms with Crippen LogP contribution in [-0.2, 0) is 5.41 Å². The highest BCUT2D eigenvalue weighted by atomic mass is 16.5. The Morgan fingerprint density at radius 3 is 2.46 bits per heavy atom. The number of benzene rings is 2. The molecule has 11 heteroatoms. The molecular weight excluding hydrogens is 580 g/mol. The van der Waals surface area contributed by atoms with Crippen LogP contribution in [0.25, 0.3) is 5.69 Å². The van der Waals surface area contributed by atoms with Crippen molar-refractivity contribution in [2.75, 3.05) is 18.9 Å². The number of carbonyl (C=O) groups is 1. The van der Waals surface area contributed by atoms with Crippen molar-refractivity contribution in [2.24, 2.45) is 0 Å². The highest BCUT2D eigenvalue weighted by molar-refractivity contribution is 5.89. The normalized spacial score (nSPS) is 19.8. The SMILES string of the molecule is CN1CCC[C@H]1C(=N)n1cc(O[C@@H]2CC[C@H](NC(=O)Nc3cc(C(C)(C)C)nn3-c3ccc(O)cc3)c3ccccc32)ccc1=N. The maximum Gasteiger partial charge on any atom is 0.320 e. The Hall–Kier alpha value is -4.90. The molecule has 2 aliphatic rings. The van der Waals surface area contributed by atoms with Crippen molar-refractivity contribution in [3.63, 3.8) is 0 Å². The van der Waals surface area contributed by atoms with Crippen LogP contribution in [0.3, 0.4) is 0 Å². The zero-order valence-electron chi connectivity index (χ0n) is 26.7. The standard InChI is InChI=1S/C35H42N8O3/c1-35(2,3)30-20-32(43(40-30)22-11-13-23(44)14-12-22)39-34(45)38-27-16-17-29(26-9-6-5-8-25(26)27)46-24-15-18-31(36)42(21-24)33(37)28-10-7-19-41(28)4/h5-6,8-9,11-15,18,20-21,27-29,36-37,44H,7,10,16-17,19H2,1-4H3,(H2,38,39,45)/t27-,28-,29+/m0/s1. The van der Waals surface area contributed by atoms with E-state index < -0.39 is 0 Å². The zero-order valence-corrected chi connectivity index (χ0v) is 26.7. The fraction of sp³-hybridized carbons (Fsp3) is 0.371. The van der Waals surface area contributed by atoms with E-state index in [2.05, 4.69) is 36.3 Å². The molecule has 46 heavy (non-hydrogen) atoms. The number of nitrogens with one attached hydrogen (secondary N) is 4. The molecule has 1 fully saturated rings. The maximum atomic E-state index is 13.4. The van der Waals surface area contributed by atoms with Crippen LogP contribution in [-0.4, -0.2) is 55.9 Å². The van der Waals surface area contributed by atoms with E-state index in [1.165, 1.54) is 0 Å². The number of phenols is 1. The van der Waals surface area contributed by atoms with Crippen LogP contribution in [0.4, 0.5) is 10.6 Å². The average molecular weight is 623 g/mol. The van der Waals surface area contributed by atoms with Crippen molar-refractivity contribution >= 4 is 17.7 Å². The molecule has 5 N–H and O–H groups in total. The minimum Gasteiger partial charge on any atom is -0.508 e. The molecule has 0 spiro atoms. The Bertz CT molecular complexity index is 1800. The minimum atomic E-state index is -0.345. The number of phenolic OH excluding ortho intramolecular Hbond substituents is 1. The largest absolute Gasteiger partial charge is 0.508 e. The van der Waals surface area contributed by atoms with E-state index in [-0.39, 0.29) is 40.9 Å². The second-order valence-electron chi connectivity index (χ2n) is 13.2. The van der Waals surface area contributed by atoms with Gasteiger partial charge in [-0.25, -0.2) is 9.48 Å². The van der Waals surface area contributed by atoms with E-state index >= 15 is 0 Å². The summed E-state index contributed by atoms with van der Waals surface area (Å²) in [6, 6.07) is 19.4. The number of pyridine rings is 1. The number of rotatable bonds is 6. The van der Waals surface area contributed by atoms with Crippen LogP contribution in [0.15, 0.2) is 72.9 Å². The van der Waals surface area contributed by atoms with Gasteiger partial charge in [-0.3, -0.25) is 25.6 Å². The second kappa shape index (κ2) is 12.5. The van der Waals surface area contributed by atoms with Gasteiger partial charge < -0.3 is 15.2 Å². The van der Waals surface area contributed by atoms with E-state index in [9.17, 15) is 9.90 Å². The highest BCUT2D eigenvalue weighted by Gasteiger charge is 2.31. The highest BCUT2D eigenvalue weighted by Crippen LogP contribution is 2.39. The number of nitrogens with zero attached hydrogens (tertiary/aromatic N) is 4. The summed E-state index contributed by atoms with van der Waals surface area (Å²) in [6.45, 7) is 7.15. The maximum absolute atomic E-state index is 13.4. The van der Waals surface area contributed by atoms with Crippen molar-refractivity contribution in [1.29, 1.82) is 10.8 Å². The molecule has 4 aromatic rings. The van der Waals surface area contributed by atoms with Crippen molar-refractivity contribution in [3.8, 4) is 17.2 Å². The molecule has 240 valence electrons. The van der Waals surface area contributed by atoms with Crippen molar-refractivity contribution in [1.82, 2.24) is 24.6 Å². The van der Waals surface area contributed by atoms with Gasteiger partial charge >= 0.3 is 6.03 Å². The molecule has 2 aromatic carbocycles. The number of carbonyl (C=O) groups excluding carboxylic acids is 1. The first-order chi connectivity index (χ1) is 22.0. The predicted octanol–water partition coefficient (Wildman–Crippen LogP) is 5.85. The number of anilines is 1. The molecule has 11 nitrogen and oxygen atoms in total. The van der Waals surface area contributed by atoms with Gasteiger partial charge in [0, 0.05) is 11.5 Å². The van der Waals surface area contributed by atoms with Gasteiger partial charge in [0.25, 0.3) is 0 Å². The Kier molecular flexibility index (Phi) is 8.43. The number of urea groups is 1.